The molecule has 0 saturated carbocycles. The van der Waals surface area contributed by atoms with E-state index in [-0.39, 0.29) is 36.5 Å². The molecule has 2 rings (SSSR count). The second kappa shape index (κ2) is 7.90. The SMILES string of the molecule is CNC(=O)[C@H]1CN(C(C)=O)CCN(C(=O)Cc2ccc(F)cc2)C1. The fraction of sp³-hybridized carbons (Fsp3) is 0.471. The number of halogens is 1. The van der Waals surface area contributed by atoms with Crippen LogP contribution in [-0.4, -0.2) is 60.7 Å². The molecule has 24 heavy (non-hydrogen) atoms. The Morgan fingerprint density at radius 2 is 1.71 bits per heavy atom. The topological polar surface area (TPSA) is 69.7 Å². The smallest absolute Gasteiger partial charge is 0.227 e. The largest absolute Gasteiger partial charge is 0.359 e. The Morgan fingerprint density at radius 3 is 2.29 bits per heavy atom. The van der Waals surface area contributed by atoms with E-state index in [9.17, 15) is 18.8 Å². The zero-order valence-corrected chi connectivity index (χ0v) is 13.9. The van der Waals surface area contributed by atoms with E-state index in [1.165, 1.54) is 26.1 Å². The maximum absolute atomic E-state index is 13.0. The standard InChI is InChI=1S/C17H22FN3O3/c1-12(22)20-7-8-21(11-14(10-20)17(24)19-2)16(23)9-13-3-5-15(18)6-4-13/h3-6,14H,7-11H2,1-2H3,(H,19,24)/t14-/m0/s1. The quantitative estimate of drug-likeness (QED) is 0.870. The molecule has 1 atom stereocenters. The molecular weight excluding hydrogens is 313 g/mol. The van der Waals surface area contributed by atoms with E-state index in [0.717, 1.165) is 0 Å². The van der Waals surface area contributed by atoms with Crippen molar-refractivity contribution in [1.29, 1.82) is 0 Å². The predicted molar refractivity (Wildman–Crippen MR) is 86.5 cm³/mol. The predicted octanol–water partition coefficient (Wildman–Crippen LogP) is 0.421. The van der Waals surface area contributed by atoms with Gasteiger partial charge < -0.3 is 15.1 Å². The minimum Gasteiger partial charge on any atom is -0.359 e. The van der Waals surface area contributed by atoms with Gasteiger partial charge in [-0.15, -0.1) is 0 Å². The molecule has 7 heteroatoms. The zero-order valence-electron chi connectivity index (χ0n) is 13.9. The molecule has 0 radical (unpaired) electrons. The van der Waals surface area contributed by atoms with Crippen molar-refractivity contribution in [2.45, 2.75) is 13.3 Å². The highest BCUT2D eigenvalue weighted by atomic mass is 19.1. The Bertz CT molecular complexity index is 618. The second-order valence-electron chi connectivity index (χ2n) is 5.92. The first-order valence-electron chi connectivity index (χ1n) is 7.90. The lowest BCUT2D eigenvalue weighted by atomic mass is 10.1. The van der Waals surface area contributed by atoms with Crippen LogP contribution < -0.4 is 5.32 Å². The van der Waals surface area contributed by atoms with Gasteiger partial charge in [0.1, 0.15) is 5.82 Å². The van der Waals surface area contributed by atoms with E-state index < -0.39 is 5.92 Å². The van der Waals surface area contributed by atoms with Crippen LogP contribution in [0.25, 0.3) is 0 Å². The lowest BCUT2D eigenvalue weighted by Crippen LogP contribution is -2.42. The minimum atomic E-state index is -0.460. The van der Waals surface area contributed by atoms with E-state index in [2.05, 4.69) is 5.32 Å². The molecule has 6 nitrogen and oxygen atoms in total. The molecule has 0 spiro atoms. The average Bonchev–Trinajstić information content (AvgIpc) is 2.79. The summed E-state index contributed by atoms with van der Waals surface area (Å²) < 4.78 is 13.0. The van der Waals surface area contributed by atoms with Gasteiger partial charge in [-0.25, -0.2) is 4.39 Å². The van der Waals surface area contributed by atoms with Gasteiger partial charge in [0.25, 0.3) is 0 Å². The molecule has 0 aliphatic carbocycles. The monoisotopic (exact) mass is 335 g/mol. The highest BCUT2D eigenvalue weighted by molar-refractivity contribution is 5.83. The summed E-state index contributed by atoms with van der Waals surface area (Å²) >= 11 is 0. The molecule has 1 fully saturated rings. The molecule has 130 valence electrons. The van der Waals surface area contributed by atoms with Crippen LogP contribution in [0.2, 0.25) is 0 Å². The fourth-order valence-electron chi connectivity index (χ4n) is 2.78. The van der Waals surface area contributed by atoms with Crippen molar-refractivity contribution >= 4 is 17.7 Å². The van der Waals surface area contributed by atoms with Gasteiger partial charge >= 0.3 is 0 Å². The molecule has 1 aliphatic heterocycles. The maximum Gasteiger partial charge on any atom is 0.227 e. The van der Waals surface area contributed by atoms with Gasteiger partial charge in [-0.1, -0.05) is 12.1 Å². The number of amides is 3. The summed E-state index contributed by atoms with van der Waals surface area (Å²) in [6, 6.07) is 5.78. The molecule has 1 saturated heterocycles. The lowest BCUT2D eigenvalue weighted by molar-refractivity contribution is -0.132. The number of carbonyl (C=O) groups is 3. The highest BCUT2D eigenvalue weighted by Crippen LogP contribution is 2.13. The first-order valence-corrected chi connectivity index (χ1v) is 7.90. The Hall–Kier alpha value is -2.44. The van der Waals surface area contributed by atoms with Crippen LogP contribution in [0.3, 0.4) is 0 Å². The number of nitrogens with zero attached hydrogens (tertiary/aromatic N) is 2. The highest BCUT2D eigenvalue weighted by Gasteiger charge is 2.30. The molecule has 1 N–H and O–H groups in total. The summed E-state index contributed by atoms with van der Waals surface area (Å²) in [4.78, 5) is 39.4. The van der Waals surface area contributed by atoms with Gasteiger partial charge in [0, 0.05) is 40.2 Å². The summed E-state index contributed by atoms with van der Waals surface area (Å²) in [5.41, 5.74) is 0.713. The van der Waals surface area contributed by atoms with Crippen molar-refractivity contribution in [3.05, 3.63) is 35.6 Å². The summed E-state index contributed by atoms with van der Waals surface area (Å²) in [5.74, 6) is -1.25. The molecule has 1 aliphatic rings. The van der Waals surface area contributed by atoms with Gasteiger partial charge in [-0.3, -0.25) is 14.4 Å². The lowest BCUT2D eigenvalue weighted by Gasteiger charge is -2.23. The maximum atomic E-state index is 13.0. The first kappa shape index (κ1) is 17.9. The van der Waals surface area contributed by atoms with Crippen LogP contribution in [0.5, 0.6) is 0 Å². The fourth-order valence-corrected chi connectivity index (χ4v) is 2.78. The molecule has 1 heterocycles. The van der Waals surface area contributed by atoms with Crippen LogP contribution in [-0.2, 0) is 20.8 Å². The van der Waals surface area contributed by atoms with Gasteiger partial charge in [-0.2, -0.15) is 0 Å². The number of nitrogens with one attached hydrogen (secondary N) is 1. The molecule has 0 bridgehead atoms. The van der Waals surface area contributed by atoms with Crippen molar-refractivity contribution in [1.82, 2.24) is 15.1 Å². The normalized spacial score (nSPS) is 18.0. The summed E-state index contributed by atoms with van der Waals surface area (Å²) in [6.07, 6.45) is 0.140. The molecule has 0 aromatic heterocycles. The third-order valence-electron chi connectivity index (χ3n) is 4.21. The number of carbonyl (C=O) groups excluding carboxylic acids is 3. The van der Waals surface area contributed by atoms with Crippen molar-refractivity contribution < 1.29 is 18.8 Å². The molecular formula is C17H22FN3O3. The Labute approximate surface area is 140 Å². The Balaban J connectivity index is 2.09. The van der Waals surface area contributed by atoms with E-state index in [1.54, 1.807) is 21.9 Å². The van der Waals surface area contributed by atoms with E-state index in [1.807, 2.05) is 0 Å². The number of hydrogen-bond acceptors (Lipinski definition) is 3. The van der Waals surface area contributed by atoms with Crippen molar-refractivity contribution in [2.75, 3.05) is 33.2 Å². The van der Waals surface area contributed by atoms with Gasteiger partial charge in [0.15, 0.2) is 0 Å². The minimum absolute atomic E-state index is 0.114. The summed E-state index contributed by atoms with van der Waals surface area (Å²) in [6.45, 7) is 2.81. The van der Waals surface area contributed by atoms with Crippen molar-refractivity contribution in [3.8, 4) is 0 Å². The van der Waals surface area contributed by atoms with E-state index in [0.29, 0.717) is 25.2 Å². The van der Waals surface area contributed by atoms with Gasteiger partial charge in [0.05, 0.1) is 12.3 Å². The van der Waals surface area contributed by atoms with Crippen molar-refractivity contribution in [3.63, 3.8) is 0 Å². The number of benzene rings is 1. The second-order valence-corrected chi connectivity index (χ2v) is 5.92. The van der Waals surface area contributed by atoms with Crippen LogP contribution in [0.4, 0.5) is 4.39 Å². The van der Waals surface area contributed by atoms with Crippen LogP contribution in [0.1, 0.15) is 12.5 Å². The molecule has 3 amide bonds. The van der Waals surface area contributed by atoms with Crippen LogP contribution in [0.15, 0.2) is 24.3 Å². The van der Waals surface area contributed by atoms with Gasteiger partial charge in [-0.05, 0) is 17.7 Å². The van der Waals surface area contributed by atoms with Crippen molar-refractivity contribution in [2.24, 2.45) is 5.92 Å². The average molecular weight is 335 g/mol. The summed E-state index contributed by atoms with van der Waals surface area (Å²) in [7, 11) is 1.54. The van der Waals surface area contributed by atoms with Crippen LogP contribution >= 0.6 is 0 Å². The Kier molecular flexibility index (Phi) is 5.89. The third-order valence-corrected chi connectivity index (χ3v) is 4.21. The molecule has 1 aromatic rings. The summed E-state index contributed by atoms with van der Waals surface area (Å²) in [5, 5.41) is 2.58. The molecule has 0 unspecified atom stereocenters. The number of rotatable bonds is 3. The van der Waals surface area contributed by atoms with Gasteiger partial charge in [0.2, 0.25) is 17.7 Å². The Morgan fingerprint density at radius 1 is 1.12 bits per heavy atom. The number of hydrogen-bond donors (Lipinski definition) is 1. The first-order chi connectivity index (χ1) is 11.4. The molecule has 1 aromatic carbocycles. The van der Waals surface area contributed by atoms with Crippen LogP contribution in [0, 0.1) is 11.7 Å². The van der Waals surface area contributed by atoms with E-state index >= 15 is 0 Å². The third kappa shape index (κ3) is 4.53. The van der Waals surface area contributed by atoms with E-state index in [4.69, 9.17) is 0 Å². The zero-order chi connectivity index (χ0) is 17.7.